The molecule has 0 saturated carbocycles. The van der Waals surface area contributed by atoms with Crippen LogP contribution in [0.2, 0.25) is 5.02 Å². The number of rotatable bonds is 4. The van der Waals surface area contributed by atoms with Gasteiger partial charge in [-0.1, -0.05) is 45.7 Å². The topological polar surface area (TPSA) is 41.9 Å². The molecule has 3 aromatic rings. The molecule has 7 heteroatoms. The number of aryl methyl sites for hydroxylation is 1. The van der Waals surface area contributed by atoms with Crippen LogP contribution in [0.25, 0.3) is 0 Å². The highest BCUT2D eigenvalue weighted by molar-refractivity contribution is 9.10. The molecule has 0 aliphatic carbocycles. The Hall–Kier alpha value is -1.89. The molecule has 0 aliphatic rings. The number of hydrogen-bond acceptors (Lipinski definition) is 2. The van der Waals surface area contributed by atoms with Crippen LogP contribution in [0, 0.1) is 6.92 Å². The normalized spacial score (nSPS) is 10.5. The molecule has 1 aromatic heterocycles. The minimum Gasteiger partial charge on any atom is -0.332 e. The van der Waals surface area contributed by atoms with Gasteiger partial charge in [0.2, 0.25) is 0 Å². The van der Waals surface area contributed by atoms with E-state index < -0.39 is 0 Å². The highest BCUT2D eigenvalue weighted by Gasteiger charge is 2.04. The summed E-state index contributed by atoms with van der Waals surface area (Å²) in [4.78, 5) is 0. The van der Waals surface area contributed by atoms with Crippen LogP contribution in [0.4, 0.5) is 11.5 Å². The van der Waals surface area contributed by atoms with Gasteiger partial charge >= 0.3 is 0 Å². The van der Waals surface area contributed by atoms with E-state index in [2.05, 4.69) is 43.8 Å². The second kappa shape index (κ2) is 7.99. The Morgan fingerprint density at radius 3 is 2.64 bits per heavy atom. The van der Waals surface area contributed by atoms with Crippen molar-refractivity contribution < 1.29 is 0 Å². The van der Waals surface area contributed by atoms with E-state index in [-0.39, 0.29) is 0 Å². The predicted octanol–water partition coefficient (Wildman–Crippen LogP) is 5.46. The lowest BCUT2D eigenvalue weighted by atomic mass is 10.2. The van der Waals surface area contributed by atoms with Crippen molar-refractivity contribution >= 4 is 56.4 Å². The zero-order valence-corrected chi connectivity index (χ0v) is 16.6. The lowest BCUT2D eigenvalue weighted by Crippen LogP contribution is -2.19. The lowest BCUT2D eigenvalue weighted by molar-refractivity contribution is 0.690. The number of benzene rings is 2. The number of nitrogens with one attached hydrogen (secondary N) is 2. The minimum absolute atomic E-state index is 0.466. The number of hydrogen-bond donors (Lipinski definition) is 2. The summed E-state index contributed by atoms with van der Waals surface area (Å²) in [5.74, 6) is 0.688. The maximum Gasteiger partial charge on any atom is 0.176 e. The van der Waals surface area contributed by atoms with Crippen LogP contribution >= 0.6 is 39.7 Å². The Kier molecular flexibility index (Phi) is 5.73. The summed E-state index contributed by atoms with van der Waals surface area (Å²) in [6, 6.07) is 15.8. The summed E-state index contributed by atoms with van der Waals surface area (Å²) >= 11 is 14.9. The summed E-state index contributed by atoms with van der Waals surface area (Å²) in [5, 5.41) is 11.8. The van der Waals surface area contributed by atoms with E-state index in [0.717, 1.165) is 15.7 Å². The van der Waals surface area contributed by atoms with E-state index in [1.165, 1.54) is 5.56 Å². The third-order valence-electron chi connectivity index (χ3n) is 3.57. The Morgan fingerprint density at radius 1 is 1.16 bits per heavy atom. The van der Waals surface area contributed by atoms with Gasteiger partial charge in [-0.25, -0.2) is 0 Å². The standard InChI is InChI=1S/C18H16BrClN4S/c1-12-2-7-15(10-16(12)20)21-18(25)22-17-8-9-24(23-17)11-13-3-5-14(19)6-4-13/h2-10H,11H2,1H3,(H2,21,22,23,25). The quantitative estimate of drug-likeness (QED) is 0.534. The van der Waals surface area contributed by atoms with E-state index in [1.54, 1.807) is 0 Å². The summed E-state index contributed by atoms with van der Waals surface area (Å²) in [7, 11) is 0. The molecule has 2 aromatic carbocycles. The molecule has 25 heavy (non-hydrogen) atoms. The number of thiocarbonyl (C=S) groups is 1. The van der Waals surface area contributed by atoms with Crippen LogP contribution in [-0.4, -0.2) is 14.9 Å². The smallest absolute Gasteiger partial charge is 0.176 e. The van der Waals surface area contributed by atoms with Crippen molar-refractivity contribution in [2.45, 2.75) is 13.5 Å². The van der Waals surface area contributed by atoms with Gasteiger partial charge in [0.1, 0.15) is 0 Å². The third-order valence-corrected chi connectivity index (χ3v) is 4.71. The van der Waals surface area contributed by atoms with Crippen LogP contribution < -0.4 is 10.6 Å². The van der Waals surface area contributed by atoms with Gasteiger partial charge in [-0.3, -0.25) is 4.68 Å². The van der Waals surface area contributed by atoms with E-state index in [9.17, 15) is 0 Å². The number of halogens is 2. The van der Waals surface area contributed by atoms with Crippen LogP contribution in [0.1, 0.15) is 11.1 Å². The molecule has 0 bridgehead atoms. The molecule has 0 radical (unpaired) electrons. The summed E-state index contributed by atoms with van der Waals surface area (Å²) in [5.41, 5.74) is 3.04. The molecule has 0 atom stereocenters. The third kappa shape index (κ3) is 5.04. The van der Waals surface area contributed by atoms with Crippen molar-refractivity contribution in [2.24, 2.45) is 0 Å². The summed E-state index contributed by atoms with van der Waals surface area (Å²) in [6.45, 7) is 2.66. The first-order valence-electron chi connectivity index (χ1n) is 7.62. The molecular weight excluding hydrogens is 420 g/mol. The average Bonchev–Trinajstić information content (AvgIpc) is 3.00. The molecule has 0 aliphatic heterocycles. The van der Waals surface area contributed by atoms with Gasteiger partial charge in [0.15, 0.2) is 10.9 Å². The summed E-state index contributed by atoms with van der Waals surface area (Å²) < 4.78 is 2.92. The van der Waals surface area contributed by atoms with Gasteiger partial charge in [-0.2, -0.15) is 5.10 Å². The van der Waals surface area contributed by atoms with E-state index >= 15 is 0 Å². The Morgan fingerprint density at radius 2 is 1.92 bits per heavy atom. The molecule has 2 N–H and O–H groups in total. The van der Waals surface area contributed by atoms with Crippen molar-refractivity contribution in [3.05, 3.63) is 75.4 Å². The zero-order chi connectivity index (χ0) is 17.8. The minimum atomic E-state index is 0.466. The second-order valence-electron chi connectivity index (χ2n) is 5.57. The van der Waals surface area contributed by atoms with E-state index in [0.29, 0.717) is 22.5 Å². The molecule has 128 valence electrons. The first-order valence-corrected chi connectivity index (χ1v) is 9.19. The summed E-state index contributed by atoms with van der Waals surface area (Å²) in [6.07, 6.45) is 1.91. The first kappa shape index (κ1) is 17.9. The first-order chi connectivity index (χ1) is 12.0. The number of anilines is 2. The molecule has 4 nitrogen and oxygen atoms in total. The van der Waals surface area contributed by atoms with Gasteiger partial charge in [-0.05, 0) is 54.5 Å². The molecule has 3 rings (SSSR count). The Labute approximate surface area is 165 Å². The van der Waals surface area contributed by atoms with Crippen LogP contribution in [0.15, 0.2) is 59.2 Å². The van der Waals surface area contributed by atoms with Crippen LogP contribution in [-0.2, 0) is 6.54 Å². The molecule has 0 spiro atoms. The molecule has 0 saturated heterocycles. The maximum absolute atomic E-state index is 6.13. The van der Waals surface area contributed by atoms with Crippen molar-refractivity contribution in [1.82, 2.24) is 9.78 Å². The van der Waals surface area contributed by atoms with Crippen molar-refractivity contribution in [3.8, 4) is 0 Å². The van der Waals surface area contributed by atoms with Crippen LogP contribution in [0.5, 0.6) is 0 Å². The molecule has 0 fully saturated rings. The molecule has 0 amide bonds. The van der Waals surface area contributed by atoms with E-state index in [1.807, 2.05) is 54.2 Å². The van der Waals surface area contributed by atoms with Crippen molar-refractivity contribution in [1.29, 1.82) is 0 Å². The largest absolute Gasteiger partial charge is 0.332 e. The fourth-order valence-electron chi connectivity index (χ4n) is 2.24. The molecule has 0 unspecified atom stereocenters. The van der Waals surface area contributed by atoms with Gasteiger partial charge in [0.05, 0.1) is 6.54 Å². The highest BCUT2D eigenvalue weighted by Crippen LogP contribution is 2.20. The van der Waals surface area contributed by atoms with Crippen molar-refractivity contribution in [2.75, 3.05) is 10.6 Å². The van der Waals surface area contributed by atoms with Gasteiger partial charge in [0.25, 0.3) is 0 Å². The Bertz CT molecular complexity index is 892. The van der Waals surface area contributed by atoms with Gasteiger partial charge in [-0.15, -0.1) is 0 Å². The van der Waals surface area contributed by atoms with Crippen LogP contribution in [0.3, 0.4) is 0 Å². The molecule has 1 heterocycles. The highest BCUT2D eigenvalue weighted by atomic mass is 79.9. The van der Waals surface area contributed by atoms with Crippen molar-refractivity contribution in [3.63, 3.8) is 0 Å². The average molecular weight is 436 g/mol. The number of aromatic nitrogens is 2. The van der Waals surface area contributed by atoms with E-state index in [4.69, 9.17) is 23.8 Å². The molecular formula is C18H16BrClN4S. The zero-order valence-electron chi connectivity index (χ0n) is 13.5. The fourth-order valence-corrected chi connectivity index (χ4v) is 2.91. The monoisotopic (exact) mass is 434 g/mol. The SMILES string of the molecule is Cc1ccc(NC(=S)Nc2ccn(Cc3ccc(Br)cc3)n2)cc1Cl. The number of nitrogens with zero attached hydrogens (tertiary/aromatic N) is 2. The fraction of sp³-hybridized carbons (Fsp3) is 0.111. The predicted molar refractivity (Wildman–Crippen MR) is 112 cm³/mol. The second-order valence-corrected chi connectivity index (χ2v) is 7.30. The van der Waals surface area contributed by atoms with Gasteiger partial charge in [0, 0.05) is 27.4 Å². The maximum atomic E-state index is 6.13. The lowest BCUT2D eigenvalue weighted by Gasteiger charge is -2.09. The van der Waals surface area contributed by atoms with Gasteiger partial charge < -0.3 is 10.6 Å². The Balaban J connectivity index is 1.59.